The van der Waals surface area contributed by atoms with Crippen LogP contribution in [0, 0.1) is 0 Å². The molecule has 1 unspecified atom stereocenters. The lowest BCUT2D eigenvalue weighted by Gasteiger charge is -2.16. The van der Waals surface area contributed by atoms with Gasteiger partial charge in [-0.2, -0.15) is 0 Å². The molecule has 1 N–H and O–H groups in total. The second-order valence-corrected chi connectivity index (χ2v) is 4.55. The molecule has 84 valence electrons. The van der Waals surface area contributed by atoms with Crippen LogP contribution in [0.2, 0.25) is 0 Å². The molecule has 14 heavy (non-hydrogen) atoms. The highest BCUT2D eigenvalue weighted by molar-refractivity contribution is 4.67. The lowest BCUT2D eigenvalue weighted by atomic mass is 10.2. The third-order valence-electron chi connectivity index (χ3n) is 3.06. The average Bonchev–Trinajstić information content (AvgIpc) is 2.65. The minimum Gasteiger partial charge on any atom is -0.314 e. The Kier molecular flexibility index (Phi) is 6.20. The summed E-state index contributed by atoms with van der Waals surface area (Å²) in [5.74, 6) is 0. The Labute approximate surface area is 89.1 Å². The van der Waals surface area contributed by atoms with Gasteiger partial charge in [-0.15, -0.1) is 0 Å². The van der Waals surface area contributed by atoms with Crippen molar-refractivity contribution in [2.45, 2.75) is 52.0 Å². The molecule has 1 atom stereocenters. The monoisotopic (exact) mass is 198 g/mol. The number of rotatable bonds is 7. The zero-order valence-corrected chi connectivity index (χ0v) is 9.89. The highest BCUT2D eigenvalue weighted by atomic mass is 15.1. The third kappa shape index (κ3) is 4.97. The van der Waals surface area contributed by atoms with Crippen LogP contribution in [0.5, 0.6) is 0 Å². The first-order valence-corrected chi connectivity index (χ1v) is 6.28. The topological polar surface area (TPSA) is 15.3 Å². The van der Waals surface area contributed by atoms with Crippen molar-refractivity contribution in [1.29, 1.82) is 0 Å². The first-order chi connectivity index (χ1) is 6.83. The second kappa shape index (κ2) is 7.24. The zero-order valence-electron chi connectivity index (χ0n) is 9.89. The molecule has 0 aromatic rings. The van der Waals surface area contributed by atoms with Gasteiger partial charge in [0.1, 0.15) is 0 Å². The van der Waals surface area contributed by atoms with Crippen molar-refractivity contribution < 1.29 is 0 Å². The molecule has 1 aliphatic rings. The van der Waals surface area contributed by atoms with Crippen LogP contribution in [-0.2, 0) is 0 Å². The molecule has 2 nitrogen and oxygen atoms in total. The van der Waals surface area contributed by atoms with Crippen molar-refractivity contribution in [3.05, 3.63) is 0 Å². The van der Waals surface area contributed by atoms with Crippen LogP contribution in [-0.4, -0.2) is 37.1 Å². The van der Waals surface area contributed by atoms with E-state index in [9.17, 15) is 0 Å². The van der Waals surface area contributed by atoms with Gasteiger partial charge in [0.15, 0.2) is 0 Å². The summed E-state index contributed by atoms with van der Waals surface area (Å²) >= 11 is 0. The largest absolute Gasteiger partial charge is 0.314 e. The maximum Gasteiger partial charge on any atom is 0.00386 e. The highest BCUT2D eigenvalue weighted by Gasteiger charge is 2.10. The molecule has 0 saturated carbocycles. The third-order valence-corrected chi connectivity index (χ3v) is 3.06. The van der Waals surface area contributed by atoms with Gasteiger partial charge in [-0.1, -0.05) is 13.3 Å². The molecule has 0 bridgehead atoms. The normalized spacial score (nSPS) is 20.1. The van der Waals surface area contributed by atoms with Crippen molar-refractivity contribution in [2.75, 3.05) is 26.2 Å². The SMILES string of the molecule is CCCC(C)NCCCN1CCCC1. The van der Waals surface area contributed by atoms with Crippen molar-refractivity contribution in [3.63, 3.8) is 0 Å². The Balaban J connectivity index is 1.88. The Morgan fingerprint density at radius 1 is 1.29 bits per heavy atom. The van der Waals surface area contributed by atoms with Gasteiger partial charge in [0.25, 0.3) is 0 Å². The van der Waals surface area contributed by atoms with Crippen LogP contribution in [0.3, 0.4) is 0 Å². The second-order valence-electron chi connectivity index (χ2n) is 4.55. The van der Waals surface area contributed by atoms with Crippen LogP contribution in [0.25, 0.3) is 0 Å². The van der Waals surface area contributed by atoms with E-state index in [-0.39, 0.29) is 0 Å². The predicted octanol–water partition coefficient (Wildman–Crippen LogP) is 2.25. The summed E-state index contributed by atoms with van der Waals surface area (Å²) in [5, 5.41) is 3.58. The van der Waals surface area contributed by atoms with Crippen molar-refractivity contribution >= 4 is 0 Å². The maximum atomic E-state index is 3.58. The Morgan fingerprint density at radius 2 is 2.00 bits per heavy atom. The van der Waals surface area contributed by atoms with E-state index < -0.39 is 0 Å². The standard InChI is InChI=1S/C12H26N2/c1-3-7-12(2)13-8-6-11-14-9-4-5-10-14/h12-13H,3-11H2,1-2H3. The fraction of sp³-hybridized carbons (Fsp3) is 1.00. The van der Waals surface area contributed by atoms with Crippen molar-refractivity contribution in [1.82, 2.24) is 10.2 Å². The molecule has 2 heteroatoms. The molecule has 0 spiro atoms. The molecule has 1 aliphatic heterocycles. The Morgan fingerprint density at radius 3 is 2.64 bits per heavy atom. The predicted molar refractivity (Wildman–Crippen MR) is 62.7 cm³/mol. The Bertz CT molecular complexity index is 130. The van der Waals surface area contributed by atoms with Gasteiger partial charge < -0.3 is 10.2 Å². The molecule has 1 rings (SSSR count). The summed E-state index contributed by atoms with van der Waals surface area (Å²) in [4.78, 5) is 2.59. The summed E-state index contributed by atoms with van der Waals surface area (Å²) in [6.45, 7) is 9.71. The van der Waals surface area contributed by atoms with Gasteiger partial charge in [-0.05, 0) is 58.8 Å². The molecule has 0 aliphatic carbocycles. The summed E-state index contributed by atoms with van der Waals surface area (Å²) < 4.78 is 0. The number of hydrogen-bond acceptors (Lipinski definition) is 2. The van der Waals surface area contributed by atoms with E-state index in [2.05, 4.69) is 24.1 Å². The molecular formula is C12H26N2. The summed E-state index contributed by atoms with van der Waals surface area (Å²) in [6, 6.07) is 0.707. The summed E-state index contributed by atoms with van der Waals surface area (Å²) in [5.41, 5.74) is 0. The van der Waals surface area contributed by atoms with Gasteiger partial charge >= 0.3 is 0 Å². The van der Waals surface area contributed by atoms with Crippen LogP contribution < -0.4 is 5.32 Å². The number of hydrogen-bond donors (Lipinski definition) is 1. The lowest BCUT2D eigenvalue weighted by Crippen LogP contribution is -2.30. The van der Waals surface area contributed by atoms with Gasteiger partial charge in [-0.3, -0.25) is 0 Å². The fourth-order valence-corrected chi connectivity index (χ4v) is 2.19. The average molecular weight is 198 g/mol. The number of nitrogens with zero attached hydrogens (tertiary/aromatic N) is 1. The van der Waals surface area contributed by atoms with Crippen LogP contribution >= 0.6 is 0 Å². The van der Waals surface area contributed by atoms with Gasteiger partial charge in [-0.25, -0.2) is 0 Å². The highest BCUT2D eigenvalue weighted by Crippen LogP contribution is 2.07. The van der Waals surface area contributed by atoms with Crippen molar-refractivity contribution in [2.24, 2.45) is 0 Å². The molecule has 1 heterocycles. The smallest absolute Gasteiger partial charge is 0.00386 e. The molecule has 1 fully saturated rings. The van der Waals surface area contributed by atoms with E-state index in [4.69, 9.17) is 0 Å². The molecule has 0 radical (unpaired) electrons. The van der Waals surface area contributed by atoms with Crippen LogP contribution in [0.4, 0.5) is 0 Å². The van der Waals surface area contributed by atoms with Gasteiger partial charge in [0.2, 0.25) is 0 Å². The first-order valence-electron chi connectivity index (χ1n) is 6.28. The van der Waals surface area contributed by atoms with E-state index >= 15 is 0 Å². The van der Waals surface area contributed by atoms with E-state index in [0.717, 1.165) is 0 Å². The minimum absolute atomic E-state index is 0.707. The molecule has 0 amide bonds. The molecular weight excluding hydrogens is 172 g/mol. The maximum absolute atomic E-state index is 3.58. The molecule has 0 aromatic carbocycles. The number of nitrogens with one attached hydrogen (secondary N) is 1. The van der Waals surface area contributed by atoms with E-state index in [1.165, 1.54) is 58.3 Å². The van der Waals surface area contributed by atoms with Crippen molar-refractivity contribution in [3.8, 4) is 0 Å². The first kappa shape index (κ1) is 12.0. The fourth-order valence-electron chi connectivity index (χ4n) is 2.19. The van der Waals surface area contributed by atoms with Crippen LogP contribution in [0.1, 0.15) is 46.0 Å². The van der Waals surface area contributed by atoms with E-state index in [0.29, 0.717) is 6.04 Å². The Hall–Kier alpha value is -0.0800. The number of likely N-dealkylation sites (tertiary alicyclic amines) is 1. The minimum atomic E-state index is 0.707. The van der Waals surface area contributed by atoms with Crippen LogP contribution in [0.15, 0.2) is 0 Å². The van der Waals surface area contributed by atoms with E-state index in [1.807, 2.05) is 0 Å². The van der Waals surface area contributed by atoms with Gasteiger partial charge in [0, 0.05) is 6.04 Å². The van der Waals surface area contributed by atoms with Gasteiger partial charge in [0.05, 0.1) is 0 Å². The lowest BCUT2D eigenvalue weighted by molar-refractivity contribution is 0.327. The zero-order chi connectivity index (χ0) is 10.2. The summed E-state index contributed by atoms with van der Waals surface area (Å²) in [6.07, 6.45) is 6.75. The molecule has 1 saturated heterocycles. The summed E-state index contributed by atoms with van der Waals surface area (Å²) in [7, 11) is 0. The van der Waals surface area contributed by atoms with E-state index in [1.54, 1.807) is 0 Å². The quantitative estimate of drug-likeness (QED) is 0.631. The molecule has 0 aromatic heterocycles.